The van der Waals surface area contributed by atoms with Crippen LogP contribution in [-0.4, -0.2) is 37.0 Å². The Bertz CT molecular complexity index is 611. The summed E-state index contributed by atoms with van der Waals surface area (Å²) in [6, 6.07) is 11.2. The molecular formula is C16H19N3O2. The highest BCUT2D eigenvalue weighted by atomic mass is 16.5. The number of rotatable bonds is 5. The van der Waals surface area contributed by atoms with Gasteiger partial charge in [-0.3, -0.25) is 4.79 Å². The first-order valence-electron chi connectivity index (χ1n) is 6.67. The largest absolute Gasteiger partial charge is 0.497 e. The number of aromatic nitrogens is 1. The van der Waals surface area contributed by atoms with E-state index in [1.54, 1.807) is 44.4 Å². The fraction of sp³-hybridized carbons (Fsp3) is 0.250. The van der Waals surface area contributed by atoms with Crippen molar-refractivity contribution in [1.82, 2.24) is 9.88 Å². The Balaban J connectivity index is 2.11. The molecule has 0 fully saturated rings. The molecule has 1 amide bonds. The van der Waals surface area contributed by atoms with Crippen LogP contribution in [0.5, 0.6) is 5.75 Å². The van der Waals surface area contributed by atoms with E-state index in [0.717, 1.165) is 11.3 Å². The molecule has 5 heteroatoms. The van der Waals surface area contributed by atoms with Gasteiger partial charge in [0.1, 0.15) is 11.6 Å². The minimum atomic E-state index is -0.0664. The molecule has 0 atom stereocenters. The molecule has 0 aliphatic carbocycles. The fourth-order valence-electron chi connectivity index (χ4n) is 2.06. The van der Waals surface area contributed by atoms with Gasteiger partial charge in [-0.05, 0) is 29.8 Å². The third-order valence-corrected chi connectivity index (χ3v) is 3.20. The quantitative estimate of drug-likeness (QED) is 0.916. The average Bonchev–Trinajstić information content (AvgIpc) is 2.54. The van der Waals surface area contributed by atoms with E-state index in [0.29, 0.717) is 17.9 Å². The molecule has 1 aromatic heterocycles. The average molecular weight is 285 g/mol. The van der Waals surface area contributed by atoms with Crippen molar-refractivity contribution in [1.29, 1.82) is 0 Å². The maximum Gasteiger partial charge on any atom is 0.257 e. The van der Waals surface area contributed by atoms with Gasteiger partial charge in [0.25, 0.3) is 5.91 Å². The van der Waals surface area contributed by atoms with Crippen LogP contribution < -0.4 is 10.1 Å². The van der Waals surface area contributed by atoms with E-state index in [9.17, 15) is 4.79 Å². The highest BCUT2D eigenvalue weighted by Crippen LogP contribution is 2.16. The third kappa shape index (κ3) is 3.51. The van der Waals surface area contributed by atoms with Gasteiger partial charge in [0.05, 0.1) is 12.7 Å². The normalized spacial score (nSPS) is 10.0. The first-order chi connectivity index (χ1) is 10.2. The van der Waals surface area contributed by atoms with Crippen molar-refractivity contribution in [2.75, 3.05) is 26.5 Å². The van der Waals surface area contributed by atoms with Gasteiger partial charge in [0.2, 0.25) is 0 Å². The van der Waals surface area contributed by atoms with Crippen molar-refractivity contribution in [3.63, 3.8) is 0 Å². The van der Waals surface area contributed by atoms with Crippen molar-refractivity contribution in [3.8, 4) is 5.75 Å². The molecule has 0 unspecified atom stereocenters. The second-order valence-corrected chi connectivity index (χ2v) is 4.66. The number of nitrogens with one attached hydrogen (secondary N) is 1. The molecule has 0 spiro atoms. The van der Waals surface area contributed by atoms with Crippen LogP contribution in [0.3, 0.4) is 0 Å². The van der Waals surface area contributed by atoms with Crippen molar-refractivity contribution in [3.05, 3.63) is 53.7 Å². The second kappa shape index (κ2) is 6.74. The molecule has 0 aliphatic rings. The van der Waals surface area contributed by atoms with Gasteiger partial charge in [-0.1, -0.05) is 12.1 Å². The van der Waals surface area contributed by atoms with Gasteiger partial charge in [0.15, 0.2) is 0 Å². The molecule has 0 bridgehead atoms. The molecule has 1 heterocycles. The second-order valence-electron chi connectivity index (χ2n) is 4.66. The molecule has 2 aromatic rings. The third-order valence-electron chi connectivity index (χ3n) is 3.20. The van der Waals surface area contributed by atoms with Crippen LogP contribution in [0.2, 0.25) is 0 Å². The lowest BCUT2D eigenvalue weighted by Crippen LogP contribution is -2.27. The molecule has 1 aromatic carbocycles. The first-order valence-corrected chi connectivity index (χ1v) is 6.67. The van der Waals surface area contributed by atoms with Crippen molar-refractivity contribution >= 4 is 11.7 Å². The van der Waals surface area contributed by atoms with E-state index < -0.39 is 0 Å². The summed E-state index contributed by atoms with van der Waals surface area (Å²) in [5.74, 6) is 1.32. The summed E-state index contributed by atoms with van der Waals surface area (Å²) in [6.45, 7) is 0.529. The van der Waals surface area contributed by atoms with Crippen LogP contribution in [0.25, 0.3) is 0 Å². The number of hydrogen-bond acceptors (Lipinski definition) is 4. The van der Waals surface area contributed by atoms with Gasteiger partial charge >= 0.3 is 0 Å². The summed E-state index contributed by atoms with van der Waals surface area (Å²) < 4.78 is 5.12. The number of methoxy groups -OCH3 is 1. The Hall–Kier alpha value is -2.56. The molecule has 0 aliphatic heterocycles. The Morgan fingerprint density at radius 1 is 1.29 bits per heavy atom. The van der Waals surface area contributed by atoms with Crippen LogP contribution in [-0.2, 0) is 6.54 Å². The minimum Gasteiger partial charge on any atom is -0.497 e. The lowest BCUT2D eigenvalue weighted by molar-refractivity contribution is 0.0785. The lowest BCUT2D eigenvalue weighted by Gasteiger charge is -2.18. The Kier molecular flexibility index (Phi) is 4.77. The predicted molar refractivity (Wildman–Crippen MR) is 82.6 cm³/mol. The summed E-state index contributed by atoms with van der Waals surface area (Å²) in [5.41, 5.74) is 1.61. The van der Waals surface area contributed by atoms with Gasteiger partial charge in [-0.2, -0.15) is 0 Å². The van der Waals surface area contributed by atoms with E-state index in [1.807, 2.05) is 24.3 Å². The monoisotopic (exact) mass is 285 g/mol. The Labute approximate surface area is 124 Å². The topological polar surface area (TPSA) is 54.5 Å². The van der Waals surface area contributed by atoms with Crippen molar-refractivity contribution in [2.24, 2.45) is 0 Å². The van der Waals surface area contributed by atoms with Crippen molar-refractivity contribution < 1.29 is 9.53 Å². The van der Waals surface area contributed by atoms with Crippen LogP contribution in [0.4, 0.5) is 5.82 Å². The summed E-state index contributed by atoms with van der Waals surface area (Å²) in [6.07, 6.45) is 1.66. The highest BCUT2D eigenvalue weighted by molar-refractivity contribution is 5.98. The van der Waals surface area contributed by atoms with E-state index in [2.05, 4.69) is 10.3 Å². The van der Waals surface area contributed by atoms with Crippen LogP contribution in [0.15, 0.2) is 42.6 Å². The van der Waals surface area contributed by atoms with Gasteiger partial charge < -0.3 is 15.0 Å². The van der Waals surface area contributed by atoms with Gasteiger partial charge in [-0.25, -0.2) is 4.98 Å². The molecule has 2 rings (SSSR count). The van der Waals surface area contributed by atoms with E-state index in [1.165, 1.54) is 0 Å². The number of pyridine rings is 1. The summed E-state index contributed by atoms with van der Waals surface area (Å²) in [5, 5.41) is 2.94. The standard InChI is InChI=1S/C16H19N3O2/c1-17-15-14(5-4-10-18-15)16(20)19(2)11-12-6-8-13(21-3)9-7-12/h4-10H,11H2,1-3H3,(H,17,18). The van der Waals surface area contributed by atoms with Gasteiger partial charge in [0, 0.05) is 26.8 Å². The van der Waals surface area contributed by atoms with Crippen LogP contribution in [0.1, 0.15) is 15.9 Å². The predicted octanol–water partition coefficient (Wildman–Crippen LogP) is 2.40. The number of carbonyl (C=O) groups excluding carboxylic acids is 1. The number of benzene rings is 1. The molecule has 21 heavy (non-hydrogen) atoms. The fourth-order valence-corrected chi connectivity index (χ4v) is 2.06. The SMILES string of the molecule is CNc1ncccc1C(=O)N(C)Cc1ccc(OC)cc1. The zero-order valence-electron chi connectivity index (χ0n) is 12.5. The molecule has 0 saturated heterocycles. The highest BCUT2D eigenvalue weighted by Gasteiger charge is 2.16. The lowest BCUT2D eigenvalue weighted by atomic mass is 10.2. The number of anilines is 1. The summed E-state index contributed by atoms with van der Waals surface area (Å²) >= 11 is 0. The summed E-state index contributed by atoms with van der Waals surface area (Å²) in [7, 11) is 5.16. The Morgan fingerprint density at radius 2 is 2.00 bits per heavy atom. The molecular weight excluding hydrogens is 266 g/mol. The molecule has 110 valence electrons. The summed E-state index contributed by atoms with van der Waals surface area (Å²) in [4.78, 5) is 18.3. The molecule has 5 nitrogen and oxygen atoms in total. The zero-order valence-corrected chi connectivity index (χ0v) is 12.5. The van der Waals surface area contributed by atoms with Crippen LogP contribution in [0, 0.1) is 0 Å². The smallest absolute Gasteiger partial charge is 0.257 e. The Morgan fingerprint density at radius 3 is 2.62 bits per heavy atom. The molecule has 0 radical (unpaired) electrons. The first kappa shape index (κ1) is 14.8. The van der Waals surface area contributed by atoms with E-state index in [4.69, 9.17) is 4.74 Å². The molecule has 1 N–H and O–H groups in total. The van der Waals surface area contributed by atoms with Gasteiger partial charge in [-0.15, -0.1) is 0 Å². The zero-order chi connectivity index (χ0) is 15.2. The van der Waals surface area contributed by atoms with E-state index >= 15 is 0 Å². The molecule has 0 saturated carbocycles. The van der Waals surface area contributed by atoms with Crippen molar-refractivity contribution in [2.45, 2.75) is 6.54 Å². The number of carbonyl (C=O) groups is 1. The maximum atomic E-state index is 12.5. The number of amides is 1. The minimum absolute atomic E-state index is 0.0664. The van der Waals surface area contributed by atoms with E-state index in [-0.39, 0.29) is 5.91 Å². The number of ether oxygens (including phenoxy) is 1. The number of nitrogens with zero attached hydrogens (tertiary/aromatic N) is 2. The maximum absolute atomic E-state index is 12.5. The number of hydrogen-bond donors (Lipinski definition) is 1. The van der Waals surface area contributed by atoms with Crippen LogP contribution >= 0.6 is 0 Å².